The molecule has 2 N–H and O–H groups in total. The van der Waals surface area contributed by atoms with Crippen LogP contribution in [0.2, 0.25) is 0 Å². The van der Waals surface area contributed by atoms with Crippen molar-refractivity contribution in [2.24, 2.45) is 10.2 Å². The predicted molar refractivity (Wildman–Crippen MR) is 76.9 cm³/mol. The van der Waals surface area contributed by atoms with Gasteiger partial charge in [0.25, 0.3) is 0 Å². The number of rotatable bonds is 4. The number of amidine groups is 1. The Bertz CT molecular complexity index is 658. The first-order valence-corrected chi connectivity index (χ1v) is 6.59. The second-order valence-electron chi connectivity index (χ2n) is 3.83. The molecular formula is C11H10N4O5S. The lowest BCUT2D eigenvalue weighted by Gasteiger charge is -2.04. The lowest BCUT2D eigenvalue weighted by molar-refractivity contribution is -0.385. The maximum atomic E-state index is 10.9. The van der Waals surface area contributed by atoms with Crippen molar-refractivity contribution >= 4 is 34.7 Å². The zero-order valence-electron chi connectivity index (χ0n) is 10.8. The maximum Gasteiger partial charge on any atom is 0.315 e. The topological polar surface area (TPSA) is 126 Å². The van der Waals surface area contributed by atoms with E-state index in [4.69, 9.17) is 4.74 Å². The van der Waals surface area contributed by atoms with Gasteiger partial charge >= 0.3 is 5.69 Å². The fourth-order valence-electron chi connectivity index (χ4n) is 1.49. The highest BCUT2D eigenvalue weighted by molar-refractivity contribution is 8.15. The molecule has 2 rings (SSSR count). The SMILES string of the molecule is COc1cc(C=NN=C2NC(=O)CS2)c(O)c([N+](=O)[O-])c1. The number of nitro benzene ring substituents is 1. The molecule has 0 atom stereocenters. The van der Waals surface area contributed by atoms with Crippen LogP contribution in [-0.4, -0.2) is 40.2 Å². The fourth-order valence-corrected chi connectivity index (χ4v) is 2.12. The number of carbonyl (C=O) groups is 1. The Balaban J connectivity index is 2.28. The maximum absolute atomic E-state index is 10.9. The van der Waals surface area contributed by atoms with E-state index in [0.29, 0.717) is 5.17 Å². The second-order valence-corrected chi connectivity index (χ2v) is 4.79. The summed E-state index contributed by atoms with van der Waals surface area (Å²) in [5, 5.41) is 30.8. The third kappa shape index (κ3) is 3.48. The number of hydrogen-bond acceptors (Lipinski definition) is 8. The van der Waals surface area contributed by atoms with Crippen LogP contribution in [0.5, 0.6) is 11.5 Å². The summed E-state index contributed by atoms with van der Waals surface area (Å²) in [5.74, 6) is -0.233. The van der Waals surface area contributed by atoms with Gasteiger partial charge in [0.2, 0.25) is 11.7 Å². The average molecular weight is 310 g/mol. The molecule has 1 aromatic carbocycles. The molecule has 0 aliphatic carbocycles. The lowest BCUT2D eigenvalue weighted by Crippen LogP contribution is -2.19. The highest BCUT2D eigenvalue weighted by atomic mass is 32.2. The van der Waals surface area contributed by atoms with Gasteiger partial charge in [-0.1, -0.05) is 11.8 Å². The molecule has 9 nitrogen and oxygen atoms in total. The van der Waals surface area contributed by atoms with Crippen LogP contribution in [0.25, 0.3) is 0 Å². The number of methoxy groups -OCH3 is 1. The number of hydrogen-bond donors (Lipinski definition) is 2. The molecule has 21 heavy (non-hydrogen) atoms. The van der Waals surface area contributed by atoms with Crippen molar-refractivity contribution in [3.8, 4) is 11.5 Å². The number of nitrogens with one attached hydrogen (secondary N) is 1. The van der Waals surface area contributed by atoms with Crippen LogP contribution in [0.15, 0.2) is 22.3 Å². The highest BCUT2D eigenvalue weighted by Crippen LogP contribution is 2.33. The van der Waals surface area contributed by atoms with Gasteiger partial charge < -0.3 is 15.2 Å². The van der Waals surface area contributed by atoms with Crippen molar-refractivity contribution in [1.82, 2.24) is 5.32 Å². The molecule has 1 aliphatic heterocycles. The van der Waals surface area contributed by atoms with E-state index >= 15 is 0 Å². The van der Waals surface area contributed by atoms with Gasteiger partial charge in [0.05, 0.1) is 30.1 Å². The smallest absolute Gasteiger partial charge is 0.315 e. The van der Waals surface area contributed by atoms with E-state index in [1.165, 1.54) is 24.9 Å². The summed E-state index contributed by atoms with van der Waals surface area (Å²) in [4.78, 5) is 21.0. The van der Waals surface area contributed by atoms with Crippen LogP contribution < -0.4 is 10.1 Å². The summed E-state index contributed by atoms with van der Waals surface area (Å²) in [6, 6.07) is 2.48. The molecule has 0 unspecified atom stereocenters. The summed E-state index contributed by atoms with van der Waals surface area (Å²) in [7, 11) is 1.35. The minimum Gasteiger partial charge on any atom is -0.502 e. The molecule has 0 radical (unpaired) electrons. The monoisotopic (exact) mass is 310 g/mol. The number of aromatic hydroxyl groups is 1. The minimum atomic E-state index is -0.728. The molecule has 10 heteroatoms. The van der Waals surface area contributed by atoms with E-state index in [1.807, 2.05) is 0 Å². The Labute approximate surface area is 122 Å². The molecule has 1 heterocycles. The Morgan fingerprint density at radius 3 is 2.90 bits per heavy atom. The highest BCUT2D eigenvalue weighted by Gasteiger charge is 2.19. The Hall–Kier alpha value is -2.62. The molecule has 1 saturated heterocycles. The summed E-state index contributed by atoms with van der Waals surface area (Å²) in [5.41, 5.74) is -0.410. The van der Waals surface area contributed by atoms with Crippen molar-refractivity contribution in [3.63, 3.8) is 0 Å². The number of ether oxygens (including phenoxy) is 1. The molecule has 1 aliphatic rings. The zero-order valence-corrected chi connectivity index (χ0v) is 11.6. The van der Waals surface area contributed by atoms with Crippen LogP contribution in [0.3, 0.4) is 0 Å². The molecule has 0 saturated carbocycles. The van der Waals surface area contributed by atoms with Gasteiger partial charge in [-0.05, 0) is 6.07 Å². The molecular weight excluding hydrogens is 300 g/mol. The van der Waals surface area contributed by atoms with Crippen molar-refractivity contribution in [2.45, 2.75) is 0 Å². The largest absolute Gasteiger partial charge is 0.502 e. The summed E-state index contributed by atoms with van der Waals surface area (Å²) >= 11 is 1.19. The predicted octanol–water partition coefficient (Wildman–Crippen LogP) is 0.862. The minimum absolute atomic E-state index is 0.0831. The normalized spacial score (nSPS) is 16.4. The zero-order chi connectivity index (χ0) is 15.4. The number of phenols is 1. The Kier molecular flexibility index (Phi) is 4.38. The fraction of sp³-hybridized carbons (Fsp3) is 0.182. The standard InChI is InChI=1S/C11H10N4O5S/c1-20-7-2-6(10(17)8(3-7)15(18)19)4-12-14-11-13-9(16)5-21-11/h2-4,17H,5H2,1H3,(H,13,14,16). The first-order valence-electron chi connectivity index (χ1n) is 5.60. The molecule has 110 valence electrons. The number of carbonyl (C=O) groups excluding carboxylic acids is 1. The summed E-state index contributed by atoms with van der Waals surface area (Å²) in [6.07, 6.45) is 1.14. The molecule has 1 amide bonds. The van der Waals surface area contributed by atoms with E-state index in [-0.39, 0.29) is 23.0 Å². The molecule has 1 fully saturated rings. The average Bonchev–Trinajstić information content (AvgIpc) is 2.86. The number of benzene rings is 1. The first-order chi connectivity index (χ1) is 10.0. The van der Waals surface area contributed by atoms with E-state index in [0.717, 1.165) is 12.3 Å². The summed E-state index contributed by atoms with van der Waals surface area (Å²) in [6.45, 7) is 0. The number of amides is 1. The van der Waals surface area contributed by atoms with Gasteiger partial charge in [-0.2, -0.15) is 5.10 Å². The van der Waals surface area contributed by atoms with Gasteiger partial charge in [0, 0.05) is 5.56 Å². The van der Waals surface area contributed by atoms with E-state index in [1.54, 1.807) is 0 Å². The molecule has 0 bridgehead atoms. The number of thioether (sulfide) groups is 1. The number of phenolic OH excluding ortho intramolecular Hbond substituents is 1. The third-order valence-corrected chi connectivity index (χ3v) is 3.32. The third-order valence-electron chi connectivity index (χ3n) is 2.46. The van der Waals surface area contributed by atoms with Gasteiger partial charge in [-0.15, -0.1) is 5.10 Å². The second kappa shape index (κ2) is 6.22. The van der Waals surface area contributed by atoms with Crippen LogP contribution in [-0.2, 0) is 4.79 Å². The van der Waals surface area contributed by atoms with Crippen LogP contribution in [0, 0.1) is 10.1 Å². The van der Waals surface area contributed by atoms with E-state index in [2.05, 4.69) is 15.5 Å². The lowest BCUT2D eigenvalue weighted by atomic mass is 10.1. The molecule has 0 spiro atoms. The van der Waals surface area contributed by atoms with E-state index in [9.17, 15) is 20.0 Å². The number of nitrogens with zero attached hydrogens (tertiary/aromatic N) is 3. The van der Waals surface area contributed by atoms with Crippen molar-refractivity contribution in [1.29, 1.82) is 0 Å². The van der Waals surface area contributed by atoms with Crippen molar-refractivity contribution in [2.75, 3.05) is 12.9 Å². The van der Waals surface area contributed by atoms with Gasteiger partial charge in [0.1, 0.15) is 5.75 Å². The molecule has 1 aromatic rings. The first kappa shape index (κ1) is 14.8. The van der Waals surface area contributed by atoms with Gasteiger partial charge in [-0.3, -0.25) is 14.9 Å². The summed E-state index contributed by atoms with van der Waals surface area (Å²) < 4.78 is 4.92. The number of nitro groups is 1. The van der Waals surface area contributed by atoms with E-state index < -0.39 is 16.4 Å². The molecule has 0 aromatic heterocycles. The Morgan fingerprint density at radius 1 is 1.57 bits per heavy atom. The van der Waals surface area contributed by atoms with Gasteiger partial charge in [0.15, 0.2) is 5.17 Å². The van der Waals surface area contributed by atoms with Crippen molar-refractivity contribution in [3.05, 3.63) is 27.8 Å². The van der Waals surface area contributed by atoms with Gasteiger partial charge in [-0.25, -0.2) is 0 Å². The van der Waals surface area contributed by atoms with Crippen molar-refractivity contribution < 1.29 is 19.6 Å². The quantitative estimate of drug-likeness (QED) is 0.482. The van der Waals surface area contributed by atoms with Crippen LogP contribution in [0.4, 0.5) is 5.69 Å². The van der Waals surface area contributed by atoms with Crippen LogP contribution in [0.1, 0.15) is 5.56 Å². The van der Waals surface area contributed by atoms with Crippen LogP contribution >= 0.6 is 11.8 Å². The Morgan fingerprint density at radius 2 is 2.33 bits per heavy atom.